The van der Waals surface area contributed by atoms with Crippen LogP contribution in [0.2, 0.25) is 0 Å². The van der Waals surface area contributed by atoms with E-state index in [9.17, 15) is 14.4 Å². The predicted molar refractivity (Wildman–Crippen MR) is 316 cm³/mol. The van der Waals surface area contributed by atoms with Crippen LogP contribution in [0.3, 0.4) is 0 Å². The number of unbranched alkanes of at least 4 members (excludes halogenated alkanes) is 46. The SMILES string of the molecule is CCCCCC/C=C\CCCCCCCC(=O)OCC(COC(=O)CCCCCCCCCCCCCCCCCCCCCCCCCCCCCC)OC(=O)CCCCCCC/C=C\CCCCCCC. The second kappa shape index (κ2) is 62.4. The van der Waals surface area contributed by atoms with Crippen molar-refractivity contribution in [3.8, 4) is 0 Å². The minimum absolute atomic E-state index is 0.0726. The van der Waals surface area contributed by atoms with Crippen molar-refractivity contribution in [1.82, 2.24) is 0 Å². The molecular weight excluding hydrogens is 901 g/mol. The summed E-state index contributed by atoms with van der Waals surface area (Å²) in [7, 11) is 0. The van der Waals surface area contributed by atoms with E-state index >= 15 is 0 Å². The van der Waals surface area contributed by atoms with Gasteiger partial charge in [0.05, 0.1) is 0 Å². The minimum atomic E-state index is -0.776. The molecule has 6 nitrogen and oxygen atoms in total. The molecule has 0 saturated heterocycles. The normalized spacial score (nSPS) is 12.1. The summed E-state index contributed by atoms with van der Waals surface area (Å²) in [6.45, 7) is 6.66. The highest BCUT2D eigenvalue weighted by atomic mass is 16.6. The zero-order valence-corrected chi connectivity index (χ0v) is 49.4. The molecule has 0 saturated carbocycles. The second-order valence-electron chi connectivity index (χ2n) is 22.4. The summed E-state index contributed by atoms with van der Waals surface area (Å²) in [5.41, 5.74) is 0. The van der Waals surface area contributed by atoms with Gasteiger partial charge < -0.3 is 14.2 Å². The fraction of sp³-hybridized carbons (Fsp3) is 0.896. The third kappa shape index (κ3) is 60.6. The van der Waals surface area contributed by atoms with Gasteiger partial charge in [0.2, 0.25) is 0 Å². The number of carbonyl (C=O) groups is 3. The minimum Gasteiger partial charge on any atom is -0.462 e. The van der Waals surface area contributed by atoms with Crippen LogP contribution in [0.5, 0.6) is 0 Å². The molecule has 0 aromatic heterocycles. The van der Waals surface area contributed by atoms with Crippen LogP contribution in [0.1, 0.15) is 367 Å². The molecule has 0 fully saturated rings. The van der Waals surface area contributed by atoms with Crippen molar-refractivity contribution in [2.75, 3.05) is 13.2 Å². The monoisotopic (exact) mass is 1030 g/mol. The van der Waals surface area contributed by atoms with Crippen molar-refractivity contribution in [1.29, 1.82) is 0 Å². The van der Waals surface area contributed by atoms with Crippen molar-refractivity contribution < 1.29 is 28.6 Å². The van der Waals surface area contributed by atoms with Gasteiger partial charge in [-0.25, -0.2) is 0 Å². The van der Waals surface area contributed by atoms with Crippen LogP contribution in [0.15, 0.2) is 24.3 Å². The lowest BCUT2D eigenvalue weighted by atomic mass is 10.0. The smallest absolute Gasteiger partial charge is 0.306 e. The van der Waals surface area contributed by atoms with E-state index in [1.165, 1.54) is 257 Å². The summed E-state index contributed by atoms with van der Waals surface area (Å²) < 4.78 is 16.9. The Kier molecular flexibility index (Phi) is 60.6. The first-order chi connectivity index (χ1) is 36.0. The first kappa shape index (κ1) is 70.9. The Bertz CT molecular complexity index is 1180. The molecule has 0 spiro atoms. The number of rotatable bonds is 61. The maximum Gasteiger partial charge on any atom is 0.306 e. The van der Waals surface area contributed by atoms with Crippen molar-refractivity contribution in [3.63, 3.8) is 0 Å². The third-order valence-corrected chi connectivity index (χ3v) is 14.9. The van der Waals surface area contributed by atoms with Gasteiger partial charge in [-0.1, -0.05) is 302 Å². The van der Waals surface area contributed by atoms with Crippen LogP contribution in [0.4, 0.5) is 0 Å². The summed E-state index contributed by atoms with van der Waals surface area (Å²) >= 11 is 0. The highest BCUT2D eigenvalue weighted by molar-refractivity contribution is 5.71. The van der Waals surface area contributed by atoms with E-state index in [1.54, 1.807) is 0 Å². The first-order valence-corrected chi connectivity index (χ1v) is 32.8. The Morgan fingerprint density at radius 3 is 0.699 bits per heavy atom. The fourth-order valence-electron chi connectivity index (χ4n) is 9.97. The molecule has 1 atom stereocenters. The van der Waals surface area contributed by atoms with E-state index in [0.29, 0.717) is 19.3 Å². The lowest BCUT2D eigenvalue weighted by Gasteiger charge is -2.18. The molecule has 0 heterocycles. The summed E-state index contributed by atoms with van der Waals surface area (Å²) in [4.78, 5) is 38.2. The number of esters is 3. The first-order valence-electron chi connectivity index (χ1n) is 32.8. The molecule has 0 bridgehead atoms. The largest absolute Gasteiger partial charge is 0.462 e. The lowest BCUT2D eigenvalue weighted by molar-refractivity contribution is -0.167. The predicted octanol–water partition coefficient (Wildman–Crippen LogP) is 22.2. The van der Waals surface area contributed by atoms with Gasteiger partial charge in [0.1, 0.15) is 13.2 Å². The summed E-state index contributed by atoms with van der Waals surface area (Å²) in [5, 5.41) is 0. The summed E-state index contributed by atoms with van der Waals surface area (Å²) in [5.74, 6) is -0.867. The summed E-state index contributed by atoms with van der Waals surface area (Å²) in [6.07, 6.45) is 74.9. The van der Waals surface area contributed by atoms with Crippen LogP contribution in [0, 0.1) is 0 Å². The van der Waals surface area contributed by atoms with Crippen molar-refractivity contribution in [2.45, 2.75) is 374 Å². The lowest BCUT2D eigenvalue weighted by Crippen LogP contribution is -2.30. The van der Waals surface area contributed by atoms with E-state index in [0.717, 1.165) is 70.6 Å². The molecule has 0 amide bonds. The van der Waals surface area contributed by atoms with Crippen LogP contribution >= 0.6 is 0 Å². The summed E-state index contributed by atoms with van der Waals surface area (Å²) in [6, 6.07) is 0. The average molecular weight is 1030 g/mol. The quantitative estimate of drug-likeness (QED) is 0.0261. The van der Waals surface area contributed by atoms with Crippen molar-refractivity contribution in [3.05, 3.63) is 24.3 Å². The fourth-order valence-corrected chi connectivity index (χ4v) is 9.97. The maximum atomic E-state index is 12.9. The molecule has 73 heavy (non-hydrogen) atoms. The number of allylic oxidation sites excluding steroid dienone is 4. The molecule has 0 aliphatic rings. The van der Waals surface area contributed by atoms with Gasteiger partial charge in [-0.15, -0.1) is 0 Å². The van der Waals surface area contributed by atoms with Crippen LogP contribution in [-0.2, 0) is 28.6 Å². The topological polar surface area (TPSA) is 78.9 Å². The average Bonchev–Trinajstić information content (AvgIpc) is 3.39. The Hall–Kier alpha value is -2.11. The van der Waals surface area contributed by atoms with E-state index in [-0.39, 0.29) is 31.1 Å². The molecule has 6 heteroatoms. The maximum absolute atomic E-state index is 12.9. The van der Waals surface area contributed by atoms with Crippen molar-refractivity contribution >= 4 is 17.9 Å². The van der Waals surface area contributed by atoms with E-state index in [2.05, 4.69) is 45.1 Å². The number of carbonyl (C=O) groups excluding carboxylic acids is 3. The van der Waals surface area contributed by atoms with Gasteiger partial charge >= 0.3 is 17.9 Å². The van der Waals surface area contributed by atoms with E-state index in [1.807, 2.05) is 0 Å². The number of hydrogen-bond donors (Lipinski definition) is 0. The molecule has 0 aliphatic heterocycles. The Labute approximate surface area is 455 Å². The van der Waals surface area contributed by atoms with Crippen LogP contribution in [-0.4, -0.2) is 37.2 Å². The highest BCUT2D eigenvalue weighted by Crippen LogP contribution is 2.18. The standard InChI is InChI=1S/C67H126O6/c1-4-7-10-13-16-19-22-25-27-28-29-30-31-32-33-34-35-36-37-38-39-40-43-45-48-51-54-57-60-66(69)72-63-64(62-71-65(68)59-56-53-50-47-44-41-24-21-18-15-12-9-6-3)73-67(70)61-58-55-52-49-46-42-26-23-20-17-14-11-8-5-2/h21,23-24,26,64H,4-20,22,25,27-63H2,1-3H3/b24-21-,26-23-. The van der Waals surface area contributed by atoms with Gasteiger partial charge in [-0.2, -0.15) is 0 Å². The highest BCUT2D eigenvalue weighted by Gasteiger charge is 2.19. The van der Waals surface area contributed by atoms with Gasteiger partial charge in [0.25, 0.3) is 0 Å². The van der Waals surface area contributed by atoms with Gasteiger partial charge in [0, 0.05) is 19.3 Å². The Morgan fingerprint density at radius 2 is 0.452 bits per heavy atom. The Balaban J connectivity index is 4.14. The zero-order valence-electron chi connectivity index (χ0n) is 49.4. The number of ether oxygens (including phenoxy) is 3. The zero-order chi connectivity index (χ0) is 52.9. The molecule has 0 aromatic rings. The van der Waals surface area contributed by atoms with Gasteiger partial charge in [-0.05, 0) is 70.6 Å². The number of hydrogen-bond acceptors (Lipinski definition) is 6. The second-order valence-corrected chi connectivity index (χ2v) is 22.4. The molecular formula is C67H126O6. The molecule has 1 unspecified atom stereocenters. The van der Waals surface area contributed by atoms with Crippen molar-refractivity contribution in [2.24, 2.45) is 0 Å². The molecule has 0 aliphatic carbocycles. The van der Waals surface area contributed by atoms with E-state index in [4.69, 9.17) is 14.2 Å². The van der Waals surface area contributed by atoms with Gasteiger partial charge in [-0.3, -0.25) is 14.4 Å². The molecule has 430 valence electrons. The van der Waals surface area contributed by atoms with E-state index < -0.39 is 6.10 Å². The van der Waals surface area contributed by atoms with Crippen LogP contribution in [0.25, 0.3) is 0 Å². The third-order valence-electron chi connectivity index (χ3n) is 14.9. The molecule has 0 rings (SSSR count). The Morgan fingerprint density at radius 1 is 0.260 bits per heavy atom. The molecule has 0 N–H and O–H groups in total. The molecule has 0 aromatic carbocycles. The van der Waals surface area contributed by atoms with Crippen LogP contribution < -0.4 is 0 Å². The van der Waals surface area contributed by atoms with Gasteiger partial charge in [0.15, 0.2) is 6.10 Å². The molecule has 0 radical (unpaired) electrons.